The molecule has 1 atom stereocenters. The summed E-state index contributed by atoms with van der Waals surface area (Å²) in [5.74, 6) is -1.37. The molecule has 0 fully saturated rings. The van der Waals surface area contributed by atoms with Gasteiger partial charge in [-0.05, 0) is 26.0 Å². The molecule has 4 nitrogen and oxygen atoms in total. The monoisotopic (exact) mass is 387 g/mol. The second kappa shape index (κ2) is 8.59. The van der Waals surface area contributed by atoms with E-state index < -0.39 is 28.5 Å². The van der Waals surface area contributed by atoms with Crippen molar-refractivity contribution >= 4 is 46.5 Å². The van der Waals surface area contributed by atoms with Gasteiger partial charge in [-0.3, -0.25) is 4.79 Å². The molecule has 0 bridgehead atoms. The van der Waals surface area contributed by atoms with Crippen LogP contribution >= 0.6 is 34.9 Å². The highest BCUT2D eigenvalue weighted by Gasteiger charge is 2.20. The Labute approximate surface area is 151 Å². The lowest BCUT2D eigenvalue weighted by Gasteiger charge is -2.11. The van der Waals surface area contributed by atoms with E-state index in [4.69, 9.17) is 0 Å². The van der Waals surface area contributed by atoms with Crippen LogP contribution in [0.4, 0.5) is 14.5 Å². The number of benzene rings is 1. The van der Waals surface area contributed by atoms with Gasteiger partial charge in [-0.2, -0.15) is 0 Å². The van der Waals surface area contributed by atoms with E-state index in [1.807, 2.05) is 6.92 Å². The minimum atomic E-state index is -0.810. The molecule has 24 heavy (non-hydrogen) atoms. The third-order valence-corrected chi connectivity index (χ3v) is 6.16. The summed E-state index contributed by atoms with van der Waals surface area (Å²) >= 11 is 4.08. The molecular weight excluding hydrogens is 372 g/mol. The zero-order chi connectivity index (χ0) is 17.7. The molecule has 0 radical (unpaired) electrons. The largest absolute Gasteiger partial charge is 0.320 e. The van der Waals surface area contributed by atoms with Crippen LogP contribution in [0.25, 0.3) is 0 Å². The van der Waals surface area contributed by atoms with Crippen molar-refractivity contribution in [3.05, 3.63) is 42.0 Å². The van der Waals surface area contributed by atoms with Crippen LogP contribution in [-0.4, -0.2) is 27.1 Å². The zero-order valence-electron chi connectivity index (χ0n) is 13.0. The second-order valence-corrected chi connectivity index (χ2v) is 8.71. The second-order valence-electron chi connectivity index (χ2n) is 4.93. The summed E-state index contributed by atoms with van der Waals surface area (Å²) < 4.78 is 28.5. The van der Waals surface area contributed by atoms with Crippen LogP contribution in [-0.2, 0) is 4.79 Å². The smallest absolute Gasteiger partial charge is 0.237 e. The Bertz CT molecular complexity index is 731. The van der Waals surface area contributed by atoms with Crippen molar-refractivity contribution in [1.29, 1.82) is 0 Å². The van der Waals surface area contributed by atoms with Crippen LogP contribution in [0, 0.1) is 11.6 Å². The summed E-state index contributed by atoms with van der Waals surface area (Å²) in [6, 6.07) is 3.42. The normalized spacial score (nSPS) is 12.0. The van der Waals surface area contributed by atoms with Gasteiger partial charge in [-0.25, -0.2) is 8.78 Å². The summed E-state index contributed by atoms with van der Waals surface area (Å²) in [5.41, 5.74) is 0.592. The first kappa shape index (κ1) is 18.9. The first-order valence-corrected chi connectivity index (χ1v) is 9.57. The summed E-state index contributed by atoms with van der Waals surface area (Å²) in [4.78, 5) is 12.1. The number of nitrogens with zero attached hydrogens (tertiary/aromatic N) is 2. The fourth-order valence-electron chi connectivity index (χ4n) is 1.53. The van der Waals surface area contributed by atoms with Gasteiger partial charge in [0.1, 0.15) is 17.3 Å². The third kappa shape index (κ3) is 5.29. The molecule has 0 saturated heterocycles. The fraction of sp³-hybridized carbons (Fsp3) is 0.267. The molecule has 0 unspecified atom stereocenters. The minimum Gasteiger partial charge on any atom is -0.320 e. The first-order valence-electron chi connectivity index (χ1n) is 6.89. The third-order valence-electron chi connectivity index (χ3n) is 2.69. The van der Waals surface area contributed by atoms with E-state index in [9.17, 15) is 13.6 Å². The van der Waals surface area contributed by atoms with Crippen LogP contribution in [0.1, 0.15) is 13.8 Å². The predicted octanol–water partition coefficient (Wildman–Crippen LogP) is 4.60. The number of carbonyl (C=O) groups excluding carboxylic acids is 1. The Kier molecular flexibility index (Phi) is 6.76. The minimum absolute atomic E-state index is 0.440. The predicted molar refractivity (Wildman–Crippen MR) is 95.8 cm³/mol. The van der Waals surface area contributed by atoms with Gasteiger partial charge in [-0.15, -0.1) is 10.2 Å². The molecule has 0 saturated carbocycles. The average molecular weight is 388 g/mol. The molecule has 2 aromatic rings. The quantitative estimate of drug-likeness (QED) is 0.556. The van der Waals surface area contributed by atoms with Crippen molar-refractivity contribution in [2.75, 3.05) is 11.1 Å². The maximum atomic E-state index is 13.6. The van der Waals surface area contributed by atoms with Crippen molar-refractivity contribution in [3.8, 4) is 0 Å². The van der Waals surface area contributed by atoms with E-state index >= 15 is 0 Å². The number of rotatable bonds is 7. The molecular formula is C15H15F2N3OS3. The maximum absolute atomic E-state index is 13.6. The molecule has 0 spiro atoms. The molecule has 1 N–H and O–H groups in total. The Morgan fingerprint density at radius 2 is 1.96 bits per heavy atom. The molecule has 128 valence electrons. The number of amides is 1. The van der Waals surface area contributed by atoms with Crippen LogP contribution in [0.15, 0.2) is 39.0 Å². The lowest BCUT2D eigenvalue weighted by atomic mass is 10.3. The summed E-state index contributed by atoms with van der Waals surface area (Å²) in [6.07, 6.45) is 0. The van der Waals surface area contributed by atoms with E-state index in [2.05, 4.69) is 22.1 Å². The molecule has 0 aliphatic rings. The van der Waals surface area contributed by atoms with Gasteiger partial charge in [0, 0.05) is 5.75 Å². The molecule has 0 aliphatic heterocycles. The molecule has 1 amide bonds. The molecule has 1 heterocycles. The highest BCUT2D eigenvalue weighted by molar-refractivity contribution is 8.04. The van der Waals surface area contributed by atoms with Crippen molar-refractivity contribution < 1.29 is 13.6 Å². The summed E-state index contributed by atoms with van der Waals surface area (Å²) in [5, 5.41) is 9.74. The van der Waals surface area contributed by atoms with Crippen molar-refractivity contribution in [2.24, 2.45) is 0 Å². The Morgan fingerprint density at radius 1 is 1.33 bits per heavy atom. The standard InChI is InChI=1S/C15H15F2N3OS3/c1-8(2)7-22-14-19-20-15(24-14)23-9(3)13(21)18-12-10(16)5-4-6-11(12)17/h4-6,9H,1,7H2,2-3H3,(H,18,21)/t9-/m0/s1. The first-order chi connectivity index (χ1) is 11.4. The Hall–Kier alpha value is -1.45. The number of anilines is 1. The Morgan fingerprint density at radius 3 is 2.58 bits per heavy atom. The van der Waals surface area contributed by atoms with Crippen LogP contribution < -0.4 is 5.32 Å². The number of thioether (sulfide) groups is 2. The van der Waals surface area contributed by atoms with Crippen LogP contribution in [0.5, 0.6) is 0 Å². The summed E-state index contributed by atoms with van der Waals surface area (Å²) in [6.45, 7) is 7.39. The topological polar surface area (TPSA) is 54.9 Å². The highest BCUT2D eigenvalue weighted by atomic mass is 32.2. The number of nitrogens with one attached hydrogen (secondary N) is 1. The van der Waals surface area contributed by atoms with E-state index in [0.717, 1.165) is 27.8 Å². The molecule has 2 rings (SSSR count). The average Bonchev–Trinajstić information content (AvgIpc) is 2.96. The summed E-state index contributed by atoms with van der Waals surface area (Å²) in [7, 11) is 0. The molecule has 1 aromatic carbocycles. The lowest BCUT2D eigenvalue weighted by molar-refractivity contribution is -0.115. The van der Waals surface area contributed by atoms with Gasteiger partial charge in [0.2, 0.25) is 5.91 Å². The Balaban J connectivity index is 1.95. The number of para-hydroxylation sites is 1. The SMILES string of the molecule is C=C(C)CSc1nnc(S[C@@H](C)C(=O)Nc2c(F)cccc2F)s1. The van der Waals surface area contributed by atoms with E-state index in [0.29, 0.717) is 4.34 Å². The van der Waals surface area contributed by atoms with E-state index in [1.165, 1.54) is 40.9 Å². The van der Waals surface area contributed by atoms with Crippen molar-refractivity contribution in [2.45, 2.75) is 27.8 Å². The van der Waals surface area contributed by atoms with Crippen LogP contribution in [0.3, 0.4) is 0 Å². The number of carbonyl (C=O) groups is 1. The molecule has 0 aliphatic carbocycles. The van der Waals surface area contributed by atoms with Gasteiger partial charge < -0.3 is 5.32 Å². The van der Waals surface area contributed by atoms with Gasteiger partial charge in [0.15, 0.2) is 8.68 Å². The van der Waals surface area contributed by atoms with Gasteiger partial charge in [-0.1, -0.05) is 53.1 Å². The van der Waals surface area contributed by atoms with E-state index in [1.54, 1.807) is 6.92 Å². The number of hydrogen-bond acceptors (Lipinski definition) is 6. The highest BCUT2D eigenvalue weighted by Crippen LogP contribution is 2.32. The van der Waals surface area contributed by atoms with Crippen LogP contribution in [0.2, 0.25) is 0 Å². The fourth-order valence-corrected chi connectivity index (χ4v) is 4.54. The van der Waals surface area contributed by atoms with Crippen molar-refractivity contribution in [1.82, 2.24) is 10.2 Å². The van der Waals surface area contributed by atoms with Gasteiger partial charge in [0.05, 0.1) is 5.25 Å². The van der Waals surface area contributed by atoms with E-state index in [-0.39, 0.29) is 0 Å². The molecule has 9 heteroatoms. The molecule has 1 aromatic heterocycles. The number of halogens is 2. The lowest BCUT2D eigenvalue weighted by Crippen LogP contribution is -2.23. The zero-order valence-corrected chi connectivity index (χ0v) is 15.5. The number of hydrogen-bond donors (Lipinski definition) is 1. The maximum Gasteiger partial charge on any atom is 0.237 e. The number of aromatic nitrogens is 2. The van der Waals surface area contributed by atoms with Gasteiger partial charge >= 0.3 is 0 Å². The van der Waals surface area contributed by atoms with Gasteiger partial charge in [0.25, 0.3) is 0 Å². The van der Waals surface area contributed by atoms with Crippen molar-refractivity contribution in [3.63, 3.8) is 0 Å².